The van der Waals surface area contributed by atoms with Crippen LogP contribution in [0.4, 0.5) is 10.5 Å². The summed E-state index contributed by atoms with van der Waals surface area (Å²) in [6, 6.07) is 15.8. The normalized spacial score (nSPS) is 14.2. The van der Waals surface area contributed by atoms with E-state index >= 15 is 0 Å². The van der Waals surface area contributed by atoms with Crippen LogP contribution < -0.4 is 9.64 Å². The smallest absolute Gasteiger partial charge is 0.410 e. The van der Waals surface area contributed by atoms with Crippen LogP contribution in [0.25, 0.3) is 0 Å². The van der Waals surface area contributed by atoms with Gasteiger partial charge in [-0.2, -0.15) is 5.26 Å². The van der Waals surface area contributed by atoms with E-state index in [0.29, 0.717) is 31.7 Å². The quantitative estimate of drug-likeness (QED) is 0.703. The molecule has 0 saturated carbocycles. The fourth-order valence-electron chi connectivity index (χ4n) is 3.15. The van der Waals surface area contributed by atoms with Crippen LogP contribution in [0.15, 0.2) is 52.3 Å². The first-order valence-corrected chi connectivity index (χ1v) is 10.7. The van der Waals surface area contributed by atoms with Gasteiger partial charge in [-0.15, -0.1) is 0 Å². The lowest BCUT2D eigenvalue weighted by Crippen LogP contribution is -2.50. The Labute approximate surface area is 182 Å². The summed E-state index contributed by atoms with van der Waals surface area (Å²) in [5, 5.41) is 9.34. The van der Waals surface area contributed by atoms with E-state index in [0.717, 1.165) is 21.2 Å². The van der Waals surface area contributed by atoms with E-state index in [1.54, 1.807) is 23.8 Å². The number of carbonyl (C=O) groups is 1. The molecule has 0 spiro atoms. The summed E-state index contributed by atoms with van der Waals surface area (Å²) in [6.07, 6.45) is -0.269. The molecule has 0 aliphatic carbocycles. The summed E-state index contributed by atoms with van der Waals surface area (Å²) in [5.74, 6) is 0.809. The van der Waals surface area contributed by atoms with E-state index in [1.807, 2.05) is 63.2 Å². The van der Waals surface area contributed by atoms with Crippen molar-refractivity contribution in [3.63, 3.8) is 0 Å². The molecule has 1 amide bonds. The highest BCUT2D eigenvalue weighted by Crippen LogP contribution is 2.37. The molecule has 158 valence electrons. The number of methoxy groups -OCH3 is 1. The van der Waals surface area contributed by atoms with E-state index in [1.165, 1.54) is 0 Å². The van der Waals surface area contributed by atoms with Gasteiger partial charge in [0.25, 0.3) is 0 Å². The van der Waals surface area contributed by atoms with Crippen LogP contribution in [0.5, 0.6) is 5.75 Å². The Morgan fingerprint density at radius 2 is 1.73 bits per heavy atom. The summed E-state index contributed by atoms with van der Waals surface area (Å²) in [4.78, 5) is 18.4. The van der Waals surface area contributed by atoms with Crippen LogP contribution in [0.1, 0.15) is 26.3 Å². The highest BCUT2D eigenvalue weighted by Gasteiger charge is 2.26. The summed E-state index contributed by atoms with van der Waals surface area (Å²) < 4.78 is 10.7. The van der Waals surface area contributed by atoms with Crippen molar-refractivity contribution in [2.45, 2.75) is 36.2 Å². The molecule has 6 nitrogen and oxygen atoms in total. The van der Waals surface area contributed by atoms with Gasteiger partial charge in [0.2, 0.25) is 0 Å². The lowest BCUT2D eigenvalue weighted by molar-refractivity contribution is 0.0240. The molecule has 1 heterocycles. The van der Waals surface area contributed by atoms with Crippen molar-refractivity contribution in [2.24, 2.45) is 0 Å². The fraction of sp³-hybridized carbons (Fsp3) is 0.391. The van der Waals surface area contributed by atoms with Gasteiger partial charge in [0.15, 0.2) is 0 Å². The summed E-state index contributed by atoms with van der Waals surface area (Å²) in [5.41, 5.74) is 1.20. The van der Waals surface area contributed by atoms with Crippen LogP contribution in [0.2, 0.25) is 0 Å². The molecule has 0 atom stereocenters. The molecule has 7 heteroatoms. The second-order valence-electron chi connectivity index (χ2n) is 8.03. The third-order valence-corrected chi connectivity index (χ3v) is 5.70. The van der Waals surface area contributed by atoms with Crippen molar-refractivity contribution >= 4 is 23.5 Å². The average molecular weight is 426 g/mol. The summed E-state index contributed by atoms with van der Waals surface area (Å²) in [6.45, 7) is 8.24. The standard InChI is InChI=1S/C23H27N3O3S/c1-23(2,3)29-22(27)26-13-11-25(12-14-26)20-10-5-17(16-24)15-21(20)30-19-8-6-18(28-4)7-9-19/h5-10,15H,11-14H2,1-4H3. The Hall–Kier alpha value is -2.85. The van der Waals surface area contributed by atoms with Gasteiger partial charge in [0.1, 0.15) is 11.4 Å². The Kier molecular flexibility index (Phi) is 6.78. The first-order valence-electron chi connectivity index (χ1n) is 9.88. The van der Waals surface area contributed by atoms with Crippen molar-refractivity contribution in [3.8, 4) is 11.8 Å². The molecule has 0 bridgehead atoms. The van der Waals surface area contributed by atoms with Crippen molar-refractivity contribution in [1.82, 2.24) is 4.90 Å². The fourth-order valence-corrected chi connectivity index (χ4v) is 4.17. The van der Waals surface area contributed by atoms with Gasteiger partial charge in [-0.1, -0.05) is 11.8 Å². The molecule has 0 radical (unpaired) electrons. The van der Waals surface area contributed by atoms with Gasteiger partial charge in [-0.25, -0.2) is 4.79 Å². The van der Waals surface area contributed by atoms with Gasteiger partial charge < -0.3 is 19.3 Å². The maximum Gasteiger partial charge on any atom is 0.410 e. The second kappa shape index (κ2) is 9.31. The molecule has 0 N–H and O–H groups in total. The largest absolute Gasteiger partial charge is 0.497 e. The minimum absolute atomic E-state index is 0.269. The number of piperazine rings is 1. The van der Waals surface area contributed by atoms with Gasteiger partial charge in [-0.05, 0) is 63.2 Å². The number of amides is 1. The van der Waals surface area contributed by atoms with Gasteiger partial charge in [-0.3, -0.25) is 0 Å². The lowest BCUT2D eigenvalue weighted by Gasteiger charge is -2.37. The first-order chi connectivity index (χ1) is 14.3. The maximum absolute atomic E-state index is 12.3. The molecular formula is C23H27N3O3S. The zero-order chi connectivity index (χ0) is 21.7. The SMILES string of the molecule is COc1ccc(Sc2cc(C#N)ccc2N2CCN(C(=O)OC(C)(C)C)CC2)cc1. The molecule has 2 aromatic rings. The Bertz CT molecular complexity index is 924. The molecule has 1 saturated heterocycles. The third-order valence-electron chi connectivity index (χ3n) is 4.65. The zero-order valence-electron chi connectivity index (χ0n) is 17.8. The van der Waals surface area contributed by atoms with E-state index in [-0.39, 0.29) is 6.09 Å². The van der Waals surface area contributed by atoms with E-state index in [4.69, 9.17) is 9.47 Å². The third kappa shape index (κ3) is 5.61. The average Bonchev–Trinajstić information content (AvgIpc) is 2.73. The number of rotatable bonds is 4. The highest BCUT2D eigenvalue weighted by atomic mass is 32.2. The molecular weight excluding hydrogens is 398 g/mol. The summed E-state index contributed by atoms with van der Waals surface area (Å²) in [7, 11) is 1.65. The molecule has 1 aliphatic heterocycles. The van der Waals surface area contributed by atoms with Crippen LogP contribution >= 0.6 is 11.8 Å². The second-order valence-corrected chi connectivity index (χ2v) is 9.14. The zero-order valence-corrected chi connectivity index (χ0v) is 18.7. The maximum atomic E-state index is 12.3. The number of anilines is 1. The van der Waals surface area contributed by atoms with E-state index in [9.17, 15) is 10.1 Å². The predicted octanol–water partition coefficient (Wildman–Crippen LogP) is 4.78. The van der Waals surface area contributed by atoms with Gasteiger partial charge >= 0.3 is 6.09 Å². The Balaban J connectivity index is 1.74. The van der Waals surface area contributed by atoms with E-state index < -0.39 is 5.60 Å². The van der Waals surface area contributed by atoms with Crippen LogP contribution in [-0.4, -0.2) is 49.9 Å². The highest BCUT2D eigenvalue weighted by molar-refractivity contribution is 7.99. The molecule has 0 aromatic heterocycles. The molecule has 0 unspecified atom stereocenters. The first kappa shape index (κ1) is 21.8. The number of benzene rings is 2. The number of hydrogen-bond donors (Lipinski definition) is 0. The molecule has 3 rings (SSSR count). The van der Waals surface area contributed by atoms with Crippen LogP contribution in [0, 0.1) is 11.3 Å². The predicted molar refractivity (Wildman–Crippen MR) is 118 cm³/mol. The number of hydrogen-bond acceptors (Lipinski definition) is 6. The molecule has 2 aromatic carbocycles. The number of nitriles is 1. The Morgan fingerprint density at radius 1 is 1.07 bits per heavy atom. The molecule has 1 aliphatic rings. The number of ether oxygens (including phenoxy) is 2. The number of nitrogens with zero attached hydrogens (tertiary/aromatic N) is 3. The minimum atomic E-state index is -0.497. The van der Waals surface area contributed by atoms with Crippen molar-refractivity contribution in [3.05, 3.63) is 48.0 Å². The summed E-state index contributed by atoms with van der Waals surface area (Å²) >= 11 is 1.62. The molecule has 30 heavy (non-hydrogen) atoms. The Morgan fingerprint density at radius 3 is 2.30 bits per heavy atom. The van der Waals surface area contributed by atoms with E-state index in [2.05, 4.69) is 11.0 Å². The van der Waals surface area contributed by atoms with Crippen LogP contribution in [-0.2, 0) is 4.74 Å². The minimum Gasteiger partial charge on any atom is -0.497 e. The van der Waals surface area contributed by atoms with Crippen LogP contribution in [0.3, 0.4) is 0 Å². The molecule has 1 fully saturated rings. The van der Waals surface area contributed by atoms with Crippen molar-refractivity contribution in [1.29, 1.82) is 5.26 Å². The topological polar surface area (TPSA) is 65.8 Å². The number of carbonyl (C=O) groups excluding carboxylic acids is 1. The van der Waals surface area contributed by atoms with Crippen molar-refractivity contribution < 1.29 is 14.3 Å². The lowest BCUT2D eigenvalue weighted by atomic mass is 10.2. The van der Waals surface area contributed by atoms with Gasteiger partial charge in [0.05, 0.1) is 24.4 Å². The van der Waals surface area contributed by atoms with Crippen molar-refractivity contribution in [2.75, 3.05) is 38.2 Å². The van der Waals surface area contributed by atoms with Gasteiger partial charge in [0, 0.05) is 36.0 Å². The monoisotopic (exact) mass is 425 g/mol.